The van der Waals surface area contributed by atoms with E-state index in [0.29, 0.717) is 28.2 Å². The minimum atomic E-state index is -2.27. The number of ether oxygens (including phenoxy) is 3. The second-order valence-electron chi connectivity index (χ2n) is 7.91. The van der Waals surface area contributed by atoms with Gasteiger partial charge in [0, 0.05) is 0 Å². The zero-order chi connectivity index (χ0) is 22.8. The summed E-state index contributed by atoms with van der Waals surface area (Å²) >= 11 is 0. The highest BCUT2D eigenvalue weighted by Gasteiger charge is 2.64. The van der Waals surface area contributed by atoms with E-state index in [1.807, 2.05) is 30.3 Å². The number of hydrogen-bond acceptors (Lipinski definition) is 5. The van der Waals surface area contributed by atoms with Crippen molar-refractivity contribution in [1.82, 2.24) is 0 Å². The van der Waals surface area contributed by atoms with Gasteiger partial charge >= 0.3 is 0 Å². The molecule has 2 N–H and O–H groups in total. The summed E-state index contributed by atoms with van der Waals surface area (Å²) in [5.41, 5.74) is -1.81. The molecule has 0 spiro atoms. The molecular formula is C26H27FO5. The van der Waals surface area contributed by atoms with Crippen LogP contribution in [0.15, 0.2) is 78.9 Å². The highest BCUT2D eigenvalue weighted by atomic mass is 19.1. The second-order valence-corrected chi connectivity index (χ2v) is 7.91. The SMILES string of the molecule is COc1ccc(C(c2ccccc2)(c2ccc(OC)cc2)[C@]2(F)CO[C@H](CO)[C@H]2O)cc1. The summed E-state index contributed by atoms with van der Waals surface area (Å²) in [5.74, 6) is 1.27. The van der Waals surface area contributed by atoms with Crippen LogP contribution in [-0.2, 0) is 10.2 Å². The molecule has 168 valence electrons. The van der Waals surface area contributed by atoms with Crippen LogP contribution in [0.25, 0.3) is 0 Å². The molecule has 1 saturated heterocycles. The van der Waals surface area contributed by atoms with Crippen molar-refractivity contribution in [2.24, 2.45) is 0 Å². The molecule has 3 atom stereocenters. The van der Waals surface area contributed by atoms with E-state index in [-0.39, 0.29) is 6.61 Å². The van der Waals surface area contributed by atoms with E-state index in [9.17, 15) is 10.2 Å². The molecule has 4 rings (SSSR count). The zero-order valence-electron chi connectivity index (χ0n) is 18.1. The maximum absolute atomic E-state index is 17.3. The van der Waals surface area contributed by atoms with E-state index >= 15 is 4.39 Å². The molecule has 5 nitrogen and oxygen atoms in total. The van der Waals surface area contributed by atoms with E-state index in [4.69, 9.17) is 14.2 Å². The first-order valence-corrected chi connectivity index (χ1v) is 10.4. The zero-order valence-corrected chi connectivity index (χ0v) is 18.1. The third-order valence-corrected chi connectivity index (χ3v) is 6.38. The van der Waals surface area contributed by atoms with Crippen molar-refractivity contribution in [1.29, 1.82) is 0 Å². The Morgan fingerprint density at radius 3 is 1.75 bits per heavy atom. The smallest absolute Gasteiger partial charge is 0.180 e. The van der Waals surface area contributed by atoms with Gasteiger partial charge in [-0.15, -0.1) is 0 Å². The van der Waals surface area contributed by atoms with Crippen molar-refractivity contribution >= 4 is 0 Å². The van der Waals surface area contributed by atoms with Crippen molar-refractivity contribution in [2.75, 3.05) is 27.4 Å². The number of benzene rings is 3. The van der Waals surface area contributed by atoms with E-state index in [2.05, 4.69) is 0 Å². The van der Waals surface area contributed by atoms with E-state index in [0.717, 1.165) is 0 Å². The summed E-state index contributed by atoms with van der Waals surface area (Å²) in [7, 11) is 3.14. The van der Waals surface area contributed by atoms with Crippen LogP contribution in [-0.4, -0.2) is 55.5 Å². The van der Waals surface area contributed by atoms with Gasteiger partial charge in [0.2, 0.25) is 0 Å². The summed E-state index contributed by atoms with van der Waals surface area (Å²) in [4.78, 5) is 0. The van der Waals surface area contributed by atoms with Crippen LogP contribution in [0.5, 0.6) is 11.5 Å². The lowest BCUT2D eigenvalue weighted by atomic mass is 9.58. The number of rotatable bonds is 7. The minimum Gasteiger partial charge on any atom is -0.497 e. The molecular weight excluding hydrogens is 411 g/mol. The quantitative estimate of drug-likeness (QED) is 0.553. The van der Waals surface area contributed by atoms with Gasteiger partial charge < -0.3 is 24.4 Å². The van der Waals surface area contributed by atoms with Crippen molar-refractivity contribution < 1.29 is 28.8 Å². The van der Waals surface area contributed by atoms with Gasteiger partial charge in [0.1, 0.15) is 23.7 Å². The average Bonchev–Trinajstić information content (AvgIpc) is 3.15. The first-order valence-electron chi connectivity index (χ1n) is 10.4. The number of aliphatic hydroxyl groups is 2. The van der Waals surface area contributed by atoms with Gasteiger partial charge in [-0.05, 0) is 41.0 Å². The average molecular weight is 438 g/mol. The molecule has 1 heterocycles. The molecule has 0 radical (unpaired) electrons. The normalized spacial score (nSPS) is 23.2. The molecule has 0 saturated carbocycles. The Bertz CT molecular complexity index is 975. The van der Waals surface area contributed by atoms with Gasteiger partial charge in [0.15, 0.2) is 5.67 Å². The summed E-state index contributed by atoms with van der Waals surface area (Å²) in [5, 5.41) is 20.8. The molecule has 3 aromatic rings. The van der Waals surface area contributed by atoms with Crippen molar-refractivity contribution in [3.63, 3.8) is 0 Å². The summed E-state index contributed by atoms with van der Waals surface area (Å²) in [6, 6.07) is 23.5. The summed E-state index contributed by atoms with van der Waals surface area (Å²) in [6.45, 7) is -0.866. The van der Waals surface area contributed by atoms with Gasteiger partial charge in [-0.25, -0.2) is 4.39 Å². The lowest BCUT2D eigenvalue weighted by Crippen LogP contribution is -2.58. The molecule has 3 aromatic carbocycles. The van der Waals surface area contributed by atoms with Crippen molar-refractivity contribution in [3.8, 4) is 11.5 Å². The van der Waals surface area contributed by atoms with E-state index in [1.54, 1.807) is 62.8 Å². The van der Waals surface area contributed by atoms with Crippen LogP contribution in [0, 0.1) is 0 Å². The second kappa shape index (κ2) is 8.90. The van der Waals surface area contributed by atoms with Gasteiger partial charge in [-0.3, -0.25) is 0 Å². The van der Waals surface area contributed by atoms with Crippen LogP contribution in [0.3, 0.4) is 0 Å². The van der Waals surface area contributed by atoms with Gasteiger partial charge in [0.05, 0.1) is 32.8 Å². The predicted molar refractivity (Wildman–Crippen MR) is 119 cm³/mol. The molecule has 1 aliphatic heterocycles. The Kier molecular flexibility index (Phi) is 6.20. The fourth-order valence-corrected chi connectivity index (χ4v) is 4.77. The molecule has 0 unspecified atom stereocenters. The molecule has 32 heavy (non-hydrogen) atoms. The number of methoxy groups -OCH3 is 2. The van der Waals surface area contributed by atoms with Crippen LogP contribution >= 0.6 is 0 Å². The first kappa shape index (κ1) is 22.3. The molecule has 1 fully saturated rings. The molecule has 0 bridgehead atoms. The lowest BCUT2D eigenvalue weighted by molar-refractivity contribution is -0.0306. The third kappa shape index (κ3) is 3.35. The maximum atomic E-state index is 17.3. The monoisotopic (exact) mass is 438 g/mol. The first-order chi connectivity index (χ1) is 15.5. The number of hydrogen-bond donors (Lipinski definition) is 2. The summed E-state index contributed by atoms with van der Waals surface area (Å²) in [6.07, 6.45) is -2.59. The molecule has 0 aliphatic carbocycles. The Morgan fingerprint density at radius 1 is 0.875 bits per heavy atom. The Labute approximate surface area is 187 Å². The Hall–Kier alpha value is -2.93. The standard InChI is InChI=1S/C26H27FO5/c1-30-21-12-8-19(9-13-21)26(18-6-4-3-5-7-18,20-10-14-22(31-2)15-11-20)25(27)17-32-23(16-28)24(25)29/h3-15,23-24,28-29H,16-17H2,1-2H3/t23-,24-,25+/m1/s1. The van der Waals surface area contributed by atoms with Gasteiger partial charge in [0.25, 0.3) is 0 Å². The van der Waals surface area contributed by atoms with Crippen LogP contribution < -0.4 is 9.47 Å². The molecule has 1 aliphatic rings. The van der Waals surface area contributed by atoms with Crippen molar-refractivity contribution in [2.45, 2.75) is 23.3 Å². The minimum absolute atomic E-state index is 0.383. The Balaban J connectivity index is 2.06. The van der Waals surface area contributed by atoms with Crippen LogP contribution in [0.1, 0.15) is 16.7 Å². The lowest BCUT2D eigenvalue weighted by Gasteiger charge is -2.46. The van der Waals surface area contributed by atoms with E-state index in [1.165, 1.54) is 0 Å². The van der Waals surface area contributed by atoms with Crippen molar-refractivity contribution in [3.05, 3.63) is 95.6 Å². The number of aliphatic hydroxyl groups excluding tert-OH is 2. The summed E-state index contributed by atoms with van der Waals surface area (Å²) < 4.78 is 33.5. The fourth-order valence-electron chi connectivity index (χ4n) is 4.77. The van der Waals surface area contributed by atoms with Gasteiger partial charge in [-0.1, -0.05) is 54.6 Å². The molecule has 0 aromatic heterocycles. The van der Waals surface area contributed by atoms with Crippen LogP contribution in [0.4, 0.5) is 4.39 Å². The van der Waals surface area contributed by atoms with Crippen LogP contribution in [0.2, 0.25) is 0 Å². The number of halogens is 1. The fraction of sp³-hybridized carbons (Fsp3) is 0.308. The van der Waals surface area contributed by atoms with E-state index < -0.39 is 29.9 Å². The molecule has 6 heteroatoms. The maximum Gasteiger partial charge on any atom is 0.180 e. The Morgan fingerprint density at radius 2 is 1.34 bits per heavy atom. The molecule has 0 amide bonds. The topological polar surface area (TPSA) is 68.2 Å². The highest BCUT2D eigenvalue weighted by molar-refractivity contribution is 5.56. The highest BCUT2D eigenvalue weighted by Crippen LogP contribution is 2.54. The number of alkyl halides is 1. The predicted octanol–water partition coefficient (Wildman–Crippen LogP) is 3.50. The largest absolute Gasteiger partial charge is 0.497 e. The van der Waals surface area contributed by atoms with Gasteiger partial charge in [-0.2, -0.15) is 0 Å². The third-order valence-electron chi connectivity index (χ3n) is 6.38.